The molecule has 0 unspecified atom stereocenters. The first-order valence-corrected chi connectivity index (χ1v) is 6.16. The van der Waals surface area contributed by atoms with Crippen LogP contribution in [0.3, 0.4) is 0 Å². The van der Waals surface area contributed by atoms with Crippen molar-refractivity contribution in [1.82, 2.24) is 0 Å². The molecule has 94 valence electrons. The summed E-state index contributed by atoms with van der Waals surface area (Å²) in [6.45, 7) is 8.00. The zero-order chi connectivity index (χ0) is 12.8. The van der Waals surface area contributed by atoms with E-state index in [9.17, 15) is 9.59 Å². The van der Waals surface area contributed by atoms with Crippen molar-refractivity contribution in [2.24, 2.45) is 5.92 Å². The summed E-state index contributed by atoms with van der Waals surface area (Å²) in [4.78, 5) is 23.1. The normalized spacial score (nSPS) is 20.5. The Bertz CT molecular complexity index is 352. The van der Waals surface area contributed by atoms with E-state index < -0.39 is 0 Å². The van der Waals surface area contributed by atoms with Crippen LogP contribution in [0, 0.1) is 5.92 Å². The molecule has 0 aromatic heterocycles. The van der Waals surface area contributed by atoms with E-state index in [0.29, 0.717) is 25.0 Å². The van der Waals surface area contributed by atoms with Crippen LogP contribution in [0.1, 0.15) is 39.5 Å². The van der Waals surface area contributed by atoms with Crippen LogP contribution in [-0.4, -0.2) is 18.4 Å². The second-order valence-corrected chi connectivity index (χ2v) is 4.31. The highest BCUT2D eigenvalue weighted by Crippen LogP contribution is 2.30. The van der Waals surface area contributed by atoms with Crippen LogP contribution in [0.2, 0.25) is 0 Å². The molecule has 0 aromatic rings. The number of hydrogen-bond donors (Lipinski definition) is 0. The summed E-state index contributed by atoms with van der Waals surface area (Å²) in [5, 5.41) is 0. The Morgan fingerprint density at radius 3 is 2.71 bits per heavy atom. The molecular formula is C14H20O3. The molecule has 0 bridgehead atoms. The van der Waals surface area contributed by atoms with Crippen LogP contribution in [0.4, 0.5) is 0 Å². The van der Waals surface area contributed by atoms with Crippen LogP contribution in [0.25, 0.3) is 0 Å². The van der Waals surface area contributed by atoms with E-state index in [1.165, 1.54) is 0 Å². The summed E-state index contributed by atoms with van der Waals surface area (Å²) in [6, 6.07) is 0. The Morgan fingerprint density at radius 2 is 2.24 bits per heavy atom. The molecule has 1 aliphatic rings. The van der Waals surface area contributed by atoms with Gasteiger partial charge in [0.2, 0.25) is 0 Å². The maximum absolute atomic E-state index is 11.8. The van der Waals surface area contributed by atoms with Crippen molar-refractivity contribution < 1.29 is 14.3 Å². The number of hydrogen-bond acceptors (Lipinski definition) is 3. The number of carbonyl (C=O) groups is 2. The van der Waals surface area contributed by atoms with Crippen molar-refractivity contribution in [3.8, 4) is 0 Å². The highest BCUT2D eigenvalue weighted by atomic mass is 16.5. The molecule has 0 heterocycles. The second-order valence-electron chi connectivity index (χ2n) is 4.31. The van der Waals surface area contributed by atoms with Crippen molar-refractivity contribution in [1.29, 1.82) is 0 Å². The fourth-order valence-electron chi connectivity index (χ4n) is 1.96. The maximum atomic E-state index is 11.8. The molecule has 1 atom stereocenters. The fraction of sp³-hybridized carbons (Fsp3) is 0.571. The molecular weight excluding hydrogens is 216 g/mol. The molecule has 0 spiro atoms. The molecule has 0 N–H and O–H groups in total. The topological polar surface area (TPSA) is 43.4 Å². The molecule has 1 rings (SSSR count). The van der Waals surface area contributed by atoms with Crippen molar-refractivity contribution in [2.45, 2.75) is 39.5 Å². The summed E-state index contributed by atoms with van der Waals surface area (Å²) in [7, 11) is 0. The predicted octanol–water partition coefficient (Wildman–Crippen LogP) is 2.81. The lowest BCUT2D eigenvalue weighted by molar-refractivity contribution is -0.139. The lowest BCUT2D eigenvalue weighted by Gasteiger charge is -2.13. The van der Waals surface area contributed by atoms with E-state index >= 15 is 0 Å². The van der Waals surface area contributed by atoms with Crippen molar-refractivity contribution in [3.63, 3.8) is 0 Å². The second kappa shape index (κ2) is 6.38. The molecule has 1 aliphatic carbocycles. The molecule has 0 saturated heterocycles. The Kier molecular flexibility index (Phi) is 5.13. The van der Waals surface area contributed by atoms with Gasteiger partial charge in [0.05, 0.1) is 6.61 Å². The SMILES string of the molecule is C=C(/C=C(/C(=O)OCC)[C@H]1CCC(=O)C1)CC. The Morgan fingerprint density at radius 1 is 1.53 bits per heavy atom. The molecule has 1 fully saturated rings. The molecule has 3 nitrogen and oxygen atoms in total. The van der Waals surface area contributed by atoms with Crippen molar-refractivity contribution in [3.05, 3.63) is 23.8 Å². The van der Waals surface area contributed by atoms with Gasteiger partial charge in [0.1, 0.15) is 5.78 Å². The quantitative estimate of drug-likeness (QED) is 0.419. The first kappa shape index (κ1) is 13.7. The largest absolute Gasteiger partial charge is 0.463 e. The van der Waals surface area contributed by atoms with Crippen molar-refractivity contribution in [2.75, 3.05) is 6.61 Å². The van der Waals surface area contributed by atoms with Gasteiger partial charge < -0.3 is 4.74 Å². The van der Waals surface area contributed by atoms with Gasteiger partial charge in [-0.1, -0.05) is 19.1 Å². The van der Waals surface area contributed by atoms with E-state index in [4.69, 9.17) is 4.74 Å². The van der Waals surface area contributed by atoms with Crippen molar-refractivity contribution >= 4 is 11.8 Å². The number of carbonyl (C=O) groups excluding carboxylic acids is 2. The number of Topliss-reactive ketones (excluding diaryl/α,β-unsaturated/α-hetero) is 1. The van der Waals surface area contributed by atoms with E-state index in [1.54, 1.807) is 13.0 Å². The smallest absolute Gasteiger partial charge is 0.334 e. The number of ether oxygens (including phenoxy) is 1. The zero-order valence-corrected chi connectivity index (χ0v) is 10.6. The van der Waals surface area contributed by atoms with E-state index in [1.807, 2.05) is 6.92 Å². The monoisotopic (exact) mass is 236 g/mol. The molecule has 17 heavy (non-hydrogen) atoms. The average molecular weight is 236 g/mol. The minimum atomic E-state index is -0.304. The van der Waals surface area contributed by atoms with Crippen LogP contribution in [0.5, 0.6) is 0 Å². The van der Waals surface area contributed by atoms with E-state index in [0.717, 1.165) is 18.4 Å². The Labute approximate surface area is 103 Å². The van der Waals surface area contributed by atoms with Gasteiger partial charge in [-0.25, -0.2) is 4.79 Å². The maximum Gasteiger partial charge on any atom is 0.334 e. The highest BCUT2D eigenvalue weighted by Gasteiger charge is 2.29. The molecule has 1 saturated carbocycles. The van der Waals surface area contributed by atoms with Crippen LogP contribution in [0.15, 0.2) is 23.8 Å². The fourth-order valence-corrected chi connectivity index (χ4v) is 1.96. The third kappa shape index (κ3) is 3.84. The van der Waals surface area contributed by atoms with Gasteiger partial charge in [0, 0.05) is 18.4 Å². The highest BCUT2D eigenvalue weighted by molar-refractivity contribution is 5.92. The Hall–Kier alpha value is -1.38. The molecule has 3 heteroatoms. The van der Waals surface area contributed by atoms with Gasteiger partial charge in [-0.2, -0.15) is 0 Å². The molecule has 0 radical (unpaired) electrons. The third-order valence-electron chi connectivity index (χ3n) is 3.01. The van der Waals surface area contributed by atoms with Gasteiger partial charge in [0.15, 0.2) is 0 Å². The summed E-state index contributed by atoms with van der Waals surface area (Å²) < 4.78 is 5.04. The van der Waals surface area contributed by atoms with Gasteiger partial charge in [-0.3, -0.25) is 4.79 Å². The third-order valence-corrected chi connectivity index (χ3v) is 3.01. The number of rotatable bonds is 5. The van der Waals surface area contributed by atoms with Crippen LogP contribution >= 0.6 is 0 Å². The van der Waals surface area contributed by atoms with Crippen LogP contribution in [-0.2, 0) is 14.3 Å². The summed E-state index contributed by atoms with van der Waals surface area (Å²) in [6.07, 6.45) is 4.37. The van der Waals surface area contributed by atoms with Gasteiger partial charge in [-0.05, 0) is 31.8 Å². The zero-order valence-electron chi connectivity index (χ0n) is 10.6. The van der Waals surface area contributed by atoms with Gasteiger partial charge in [0.25, 0.3) is 0 Å². The predicted molar refractivity (Wildman–Crippen MR) is 66.5 cm³/mol. The minimum Gasteiger partial charge on any atom is -0.463 e. The lowest BCUT2D eigenvalue weighted by Crippen LogP contribution is -2.15. The molecule has 0 aromatic carbocycles. The molecule has 0 amide bonds. The van der Waals surface area contributed by atoms with Gasteiger partial charge in [-0.15, -0.1) is 0 Å². The Balaban J connectivity index is 2.86. The average Bonchev–Trinajstić information content (AvgIpc) is 2.72. The lowest BCUT2D eigenvalue weighted by atomic mass is 9.95. The standard InChI is InChI=1S/C14H20O3/c1-4-10(3)8-13(14(16)17-5-2)11-6-7-12(15)9-11/h8,11H,3-7,9H2,1-2H3/b13-8+/t11-/m0/s1. The number of ketones is 1. The number of allylic oxidation sites excluding steroid dienone is 2. The first-order valence-electron chi connectivity index (χ1n) is 6.16. The number of esters is 1. The van der Waals surface area contributed by atoms with E-state index in [-0.39, 0.29) is 17.7 Å². The summed E-state index contributed by atoms with van der Waals surface area (Å²) in [5.41, 5.74) is 1.51. The minimum absolute atomic E-state index is 0.0184. The first-order chi connectivity index (χ1) is 8.08. The summed E-state index contributed by atoms with van der Waals surface area (Å²) in [5.74, 6) is -0.0565. The summed E-state index contributed by atoms with van der Waals surface area (Å²) >= 11 is 0. The molecule has 0 aliphatic heterocycles. The van der Waals surface area contributed by atoms with E-state index in [2.05, 4.69) is 6.58 Å². The van der Waals surface area contributed by atoms with Gasteiger partial charge >= 0.3 is 5.97 Å². The van der Waals surface area contributed by atoms with Crippen LogP contribution < -0.4 is 0 Å².